The molecule has 1 aromatic heterocycles. The molecule has 0 spiro atoms. The topological polar surface area (TPSA) is 68.3 Å². The summed E-state index contributed by atoms with van der Waals surface area (Å²) in [4.78, 5) is 12.0. The molecule has 4 nitrogen and oxygen atoms in total. The van der Waals surface area contributed by atoms with Crippen LogP contribution in [0.4, 0.5) is 0 Å². The van der Waals surface area contributed by atoms with Gasteiger partial charge in [-0.1, -0.05) is 13.8 Å². The third kappa shape index (κ3) is 3.13. The summed E-state index contributed by atoms with van der Waals surface area (Å²) in [6, 6.07) is 2.00. The van der Waals surface area contributed by atoms with Crippen molar-refractivity contribution in [2.45, 2.75) is 52.1 Å². The molecule has 2 rings (SSSR count). The minimum Gasteiger partial charge on any atom is -0.467 e. The molecule has 0 unspecified atom stereocenters. The summed E-state index contributed by atoms with van der Waals surface area (Å²) in [5.74, 6) is 0.591. The highest BCUT2D eigenvalue weighted by molar-refractivity contribution is 5.94. The zero-order valence-electron chi connectivity index (χ0n) is 11.2. The number of amides is 1. The van der Waals surface area contributed by atoms with Gasteiger partial charge in [-0.15, -0.1) is 0 Å². The number of carbonyl (C=O) groups is 1. The van der Waals surface area contributed by atoms with Crippen LogP contribution in [-0.4, -0.2) is 11.9 Å². The van der Waals surface area contributed by atoms with E-state index in [2.05, 4.69) is 19.2 Å². The number of nitrogens with one attached hydrogen (secondary N) is 1. The summed E-state index contributed by atoms with van der Waals surface area (Å²) in [6.45, 7) is 4.90. The maximum absolute atomic E-state index is 12.0. The summed E-state index contributed by atoms with van der Waals surface area (Å²) in [5.41, 5.74) is 6.44. The number of furan rings is 1. The van der Waals surface area contributed by atoms with Gasteiger partial charge in [-0.05, 0) is 37.2 Å². The Morgan fingerprint density at radius 3 is 2.72 bits per heavy atom. The first-order valence-electron chi connectivity index (χ1n) is 6.58. The average molecular weight is 250 g/mol. The smallest absolute Gasteiger partial charge is 0.254 e. The summed E-state index contributed by atoms with van der Waals surface area (Å²) >= 11 is 0. The molecule has 0 radical (unpaired) electrons. The normalized spacial score (nSPS) is 19.7. The van der Waals surface area contributed by atoms with Gasteiger partial charge in [0.2, 0.25) is 0 Å². The largest absolute Gasteiger partial charge is 0.467 e. The van der Waals surface area contributed by atoms with Crippen LogP contribution in [0.1, 0.15) is 55.6 Å². The van der Waals surface area contributed by atoms with Crippen LogP contribution in [0.3, 0.4) is 0 Å². The molecule has 3 N–H and O–H groups in total. The maximum Gasteiger partial charge on any atom is 0.254 e. The van der Waals surface area contributed by atoms with Gasteiger partial charge >= 0.3 is 0 Å². The molecule has 1 aliphatic carbocycles. The predicted molar refractivity (Wildman–Crippen MR) is 70.1 cm³/mol. The molecule has 0 aliphatic heterocycles. The minimum atomic E-state index is -0.0526. The van der Waals surface area contributed by atoms with E-state index >= 15 is 0 Å². The first kappa shape index (κ1) is 13.1. The Balaban J connectivity index is 1.88. The van der Waals surface area contributed by atoms with Crippen molar-refractivity contribution >= 4 is 5.91 Å². The van der Waals surface area contributed by atoms with Gasteiger partial charge < -0.3 is 15.5 Å². The molecule has 1 fully saturated rings. The molecule has 4 heteroatoms. The molecule has 0 saturated heterocycles. The molecule has 1 amide bonds. The zero-order chi connectivity index (χ0) is 13.2. The van der Waals surface area contributed by atoms with E-state index in [0.29, 0.717) is 29.3 Å². The Morgan fingerprint density at radius 2 is 2.17 bits per heavy atom. The van der Waals surface area contributed by atoms with Gasteiger partial charge in [0.05, 0.1) is 12.1 Å². The Hall–Kier alpha value is -1.29. The van der Waals surface area contributed by atoms with Gasteiger partial charge in [-0.3, -0.25) is 4.79 Å². The summed E-state index contributed by atoms with van der Waals surface area (Å²) in [5, 5.41) is 3.07. The highest BCUT2D eigenvalue weighted by Crippen LogP contribution is 2.35. The van der Waals surface area contributed by atoms with E-state index in [1.807, 2.05) is 0 Å². The Morgan fingerprint density at radius 1 is 1.50 bits per heavy atom. The van der Waals surface area contributed by atoms with Crippen molar-refractivity contribution in [2.24, 2.45) is 11.1 Å². The highest BCUT2D eigenvalue weighted by atomic mass is 16.3. The summed E-state index contributed by atoms with van der Waals surface area (Å²) in [7, 11) is 0. The van der Waals surface area contributed by atoms with Crippen LogP contribution >= 0.6 is 0 Å². The third-order valence-electron chi connectivity index (χ3n) is 3.79. The number of carbonyl (C=O) groups excluding carboxylic acids is 1. The van der Waals surface area contributed by atoms with Crippen molar-refractivity contribution in [1.82, 2.24) is 5.32 Å². The maximum atomic E-state index is 12.0. The predicted octanol–water partition coefficient (Wildman–Crippen LogP) is 2.44. The second kappa shape index (κ2) is 5.14. The molecular weight excluding hydrogens is 228 g/mol. The molecular formula is C14H22N2O2. The number of hydrogen-bond donors (Lipinski definition) is 2. The van der Waals surface area contributed by atoms with Gasteiger partial charge in [0, 0.05) is 6.04 Å². The fraction of sp³-hybridized carbons (Fsp3) is 0.643. The molecule has 0 aromatic carbocycles. The van der Waals surface area contributed by atoms with E-state index in [1.54, 1.807) is 6.07 Å². The van der Waals surface area contributed by atoms with Gasteiger partial charge in [0.1, 0.15) is 12.0 Å². The van der Waals surface area contributed by atoms with Crippen molar-refractivity contribution in [3.63, 3.8) is 0 Å². The lowest BCUT2D eigenvalue weighted by Gasteiger charge is -2.34. The number of rotatable bonds is 3. The Labute approximate surface area is 108 Å². The third-order valence-corrected chi connectivity index (χ3v) is 3.79. The molecule has 18 heavy (non-hydrogen) atoms. The van der Waals surface area contributed by atoms with E-state index in [-0.39, 0.29) is 5.91 Å². The standard InChI is InChI=1S/C14H22N2O2/c1-14(2)5-3-11(4-6-14)16-13(17)10-7-12(8-15)18-9-10/h7,9,11H,3-6,8,15H2,1-2H3,(H,16,17). The van der Waals surface area contributed by atoms with Crippen LogP contribution in [-0.2, 0) is 6.54 Å². The molecule has 0 atom stereocenters. The van der Waals surface area contributed by atoms with Crippen molar-refractivity contribution in [3.8, 4) is 0 Å². The number of hydrogen-bond acceptors (Lipinski definition) is 3. The van der Waals surface area contributed by atoms with E-state index < -0.39 is 0 Å². The quantitative estimate of drug-likeness (QED) is 0.865. The Kier molecular flexibility index (Phi) is 3.76. The van der Waals surface area contributed by atoms with Crippen LogP contribution in [0.25, 0.3) is 0 Å². The van der Waals surface area contributed by atoms with Gasteiger partial charge in [0.25, 0.3) is 5.91 Å². The molecule has 1 aromatic rings. The van der Waals surface area contributed by atoms with E-state index in [0.717, 1.165) is 25.7 Å². The first-order valence-corrected chi connectivity index (χ1v) is 6.58. The molecule has 100 valence electrons. The minimum absolute atomic E-state index is 0.0526. The van der Waals surface area contributed by atoms with Crippen molar-refractivity contribution in [3.05, 3.63) is 23.7 Å². The highest BCUT2D eigenvalue weighted by Gasteiger charge is 2.27. The summed E-state index contributed by atoms with van der Waals surface area (Å²) in [6.07, 6.45) is 5.92. The Bertz CT molecular complexity index is 413. The lowest BCUT2D eigenvalue weighted by molar-refractivity contribution is 0.0908. The molecule has 0 bridgehead atoms. The van der Waals surface area contributed by atoms with Crippen LogP contribution < -0.4 is 11.1 Å². The van der Waals surface area contributed by atoms with Crippen molar-refractivity contribution in [2.75, 3.05) is 0 Å². The monoisotopic (exact) mass is 250 g/mol. The van der Waals surface area contributed by atoms with Crippen LogP contribution in [0.5, 0.6) is 0 Å². The SMILES string of the molecule is CC1(C)CCC(NC(=O)c2coc(CN)c2)CC1. The van der Waals surface area contributed by atoms with E-state index in [9.17, 15) is 4.79 Å². The fourth-order valence-corrected chi connectivity index (χ4v) is 2.42. The second-order valence-corrected chi connectivity index (χ2v) is 5.92. The van der Waals surface area contributed by atoms with Crippen LogP contribution in [0.15, 0.2) is 16.7 Å². The van der Waals surface area contributed by atoms with E-state index in [1.165, 1.54) is 6.26 Å². The van der Waals surface area contributed by atoms with E-state index in [4.69, 9.17) is 10.2 Å². The molecule has 1 heterocycles. The summed E-state index contributed by atoms with van der Waals surface area (Å²) < 4.78 is 5.17. The lowest BCUT2D eigenvalue weighted by Crippen LogP contribution is -2.39. The second-order valence-electron chi connectivity index (χ2n) is 5.92. The molecule has 1 saturated carbocycles. The van der Waals surface area contributed by atoms with Gasteiger partial charge in [-0.2, -0.15) is 0 Å². The van der Waals surface area contributed by atoms with Crippen molar-refractivity contribution in [1.29, 1.82) is 0 Å². The lowest BCUT2D eigenvalue weighted by atomic mass is 9.75. The van der Waals surface area contributed by atoms with Crippen LogP contribution in [0, 0.1) is 5.41 Å². The van der Waals surface area contributed by atoms with Gasteiger partial charge in [-0.25, -0.2) is 0 Å². The van der Waals surface area contributed by atoms with Crippen LogP contribution in [0.2, 0.25) is 0 Å². The number of nitrogens with two attached hydrogens (primary N) is 1. The first-order chi connectivity index (χ1) is 8.50. The average Bonchev–Trinajstić information content (AvgIpc) is 2.80. The molecule has 1 aliphatic rings. The fourth-order valence-electron chi connectivity index (χ4n) is 2.42. The zero-order valence-corrected chi connectivity index (χ0v) is 11.2. The van der Waals surface area contributed by atoms with Crippen molar-refractivity contribution < 1.29 is 9.21 Å². The van der Waals surface area contributed by atoms with Gasteiger partial charge in [0.15, 0.2) is 0 Å².